The Kier molecular flexibility index (Phi) is 4.28. The molecule has 0 unspecified atom stereocenters. The quantitative estimate of drug-likeness (QED) is 0.679. The van der Waals surface area contributed by atoms with E-state index in [1.807, 2.05) is 0 Å². The molecule has 0 bridgehead atoms. The number of hydrogen-bond donors (Lipinski definition) is 3. The van der Waals surface area contributed by atoms with Crippen LogP contribution in [0.25, 0.3) is 6.08 Å². The van der Waals surface area contributed by atoms with Gasteiger partial charge in [0.1, 0.15) is 11.8 Å². The number of carboxylic acid groups (broad SMARTS) is 1. The van der Waals surface area contributed by atoms with Crippen molar-refractivity contribution in [3.63, 3.8) is 0 Å². The fourth-order valence-electron chi connectivity index (χ4n) is 1.08. The van der Waals surface area contributed by atoms with Gasteiger partial charge in [0.2, 0.25) is 5.91 Å². The number of rotatable bonds is 4. The number of hydrogen-bond acceptors (Lipinski definition) is 3. The fraction of sp³-hybridized carbons (Fsp3) is 0.167. The first-order chi connectivity index (χ1) is 7.99. The third kappa shape index (κ3) is 4.38. The molecule has 0 aliphatic heterocycles. The number of aromatic hydroxyl groups is 1. The summed E-state index contributed by atoms with van der Waals surface area (Å²) >= 11 is 0. The van der Waals surface area contributed by atoms with E-state index < -0.39 is 17.9 Å². The lowest BCUT2D eigenvalue weighted by atomic mass is 10.2. The van der Waals surface area contributed by atoms with Crippen molar-refractivity contribution in [1.82, 2.24) is 5.32 Å². The van der Waals surface area contributed by atoms with Gasteiger partial charge in [0, 0.05) is 6.08 Å². The molecule has 0 spiro atoms. The minimum Gasteiger partial charge on any atom is -0.508 e. The van der Waals surface area contributed by atoms with Crippen LogP contribution in [0.3, 0.4) is 0 Å². The molecule has 0 aliphatic carbocycles. The highest BCUT2D eigenvalue weighted by Crippen LogP contribution is 2.10. The molecule has 17 heavy (non-hydrogen) atoms. The Morgan fingerprint density at radius 2 is 1.88 bits per heavy atom. The molecule has 3 N–H and O–H groups in total. The Balaban J connectivity index is 2.56. The van der Waals surface area contributed by atoms with Crippen molar-refractivity contribution in [2.75, 3.05) is 0 Å². The maximum atomic E-state index is 11.3. The van der Waals surface area contributed by atoms with Crippen molar-refractivity contribution >= 4 is 18.0 Å². The second-order valence-electron chi connectivity index (χ2n) is 3.49. The van der Waals surface area contributed by atoms with Gasteiger partial charge >= 0.3 is 5.97 Å². The number of phenolic OH excluding ortho intramolecular Hbond substituents is 1. The highest BCUT2D eigenvalue weighted by Gasteiger charge is 2.11. The zero-order valence-corrected chi connectivity index (χ0v) is 9.25. The van der Waals surface area contributed by atoms with E-state index in [2.05, 4.69) is 5.32 Å². The summed E-state index contributed by atoms with van der Waals surface area (Å²) in [5, 5.41) is 19.9. The van der Waals surface area contributed by atoms with E-state index in [0.29, 0.717) is 0 Å². The van der Waals surface area contributed by atoms with Gasteiger partial charge in [-0.25, -0.2) is 0 Å². The summed E-state index contributed by atoms with van der Waals surface area (Å²) in [5.41, 5.74) is 0.737. The number of benzene rings is 1. The van der Waals surface area contributed by atoms with Gasteiger partial charge in [0.25, 0.3) is 0 Å². The molecule has 5 nitrogen and oxygen atoms in total. The summed E-state index contributed by atoms with van der Waals surface area (Å²) in [6.07, 6.45) is 2.77. The van der Waals surface area contributed by atoms with Crippen molar-refractivity contribution in [3.05, 3.63) is 35.9 Å². The van der Waals surface area contributed by atoms with E-state index in [9.17, 15) is 9.59 Å². The zero-order valence-electron chi connectivity index (χ0n) is 9.25. The highest BCUT2D eigenvalue weighted by molar-refractivity contribution is 5.94. The highest BCUT2D eigenvalue weighted by atomic mass is 16.4. The number of carbonyl (C=O) groups is 2. The molecule has 5 heteroatoms. The summed E-state index contributed by atoms with van der Waals surface area (Å²) in [6.45, 7) is 1.38. The topological polar surface area (TPSA) is 86.6 Å². The van der Waals surface area contributed by atoms with Crippen molar-refractivity contribution in [2.24, 2.45) is 0 Å². The van der Waals surface area contributed by atoms with E-state index in [0.717, 1.165) is 5.56 Å². The smallest absolute Gasteiger partial charge is 0.325 e. The van der Waals surface area contributed by atoms with Crippen LogP contribution in [0.15, 0.2) is 30.3 Å². The summed E-state index contributed by atoms with van der Waals surface area (Å²) < 4.78 is 0. The van der Waals surface area contributed by atoms with Crippen LogP contribution in [0.2, 0.25) is 0 Å². The molecule has 0 saturated heterocycles. The Morgan fingerprint density at radius 3 is 2.41 bits per heavy atom. The third-order valence-corrected chi connectivity index (χ3v) is 2.05. The van der Waals surface area contributed by atoms with Gasteiger partial charge in [-0.05, 0) is 30.7 Å². The first kappa shape index (κ1) is 12.8. The van der Waals surface area contributed by atoms with E-state index in [1.165, 1.54) is 31.2 Å². The Bertz CT molecular complexity index is 436. The average Bonchev–Trinajstić information content (AvgIpc) is 2.28. The average molecular weight is 235 g/mol. The summed E-state index contributed by atoms with van der Waals surface area (Å²) in [6, 6.07) is 5.35. The number of amides is 1. The summed E-state index contributed by atoms with van der Waals surface area (Å²) in [7, 11) is 0. The standard InChI is InChI=1S/C12H13NO4/c1-8(12(16)17)13-11(15)7-4-9-2-5-10(14)6-3-9/h2-8,14H,1H3,(H,13,15)(H,16,17)/t8-/m1/s1. The van der Waals surface area contributed by atoms with Crippen LogP contribution in [0.1, 0.15) is 12.5 Å². The van der Waals surface area contributed by atoms with E-state index in [1.54, 1.807) is 12.1 Å². The normalized spacial score (nSPS) is 12.3. The van der Waals surface area contributed by atoms with Crippen LogP contribution in [0.4, 0.5) is 0 Å². The molecule has 0 aromatic heterocycles. The monoisotopic (exact) mass is 235 g/mol. The molecule has 1 aromatic carbocycles. The number of carboxylic acids is 1. The Morgan fingerprint density at radius 1 is 1.29 bits per heavy atom. The number of aliphatic carboxylic acids is 1. The Hall–Kier alpha value is -2.30. The predicted octanol–water partition coefficient (Wildman–Crippen LogP) is 0.995. The van der Waals surface area contributed by atoms with Crippen LogP contribution in [0, 0.1) is 0 Å². The van der Waals surface area contributed by atoms with Gasteiger partial charge in [-0.1, -0.05) is 12.1 Å². The second kappa shape index (κ2) is 5.69. The summed E-state index contributed by atoms with van der Waals surface area (Å²) in [4.78, 5) is 21.8. The number of nitrogens with one attached hydrogen (secondary N) is 1. The maximum Gasteiger partial charge on any atom is 0.325 e. The van der Waals surface area contributed by atoms with Crippen LogP contribution < -0.4 is 5.32 Å². The molecular weight excluding hydrogens is 222 g/mol. The third-order valence-electron chi connectivity index (χ3n) is 2.05. The Labute approximate surface area is 98.4 Å². The first-order valence-corrected chi connectivity index (χ1v) is 4.99. The van der Waals surface area contributed by atoms with Crippen molar-refractivity contribution in [1.29, 1.82) is 0 Å². The molecule has 0 saturated carbocycles. The SMILES string of the molecule is C[C@@H](NC(=O)C=Cc1ccc(O)cc1)C(=O)O. The molecule has 1 amide bonds. The van der Waals surface area contributed by atoms with Gasteiger partial charge in [-0.15, -0.1) is 0 Å². The molecule has 0 heterocycles. The minimum absolute atomic E-state index is 0.145. The van der Waals surface area contributed by atoms with E-state index in [-0.39, 0.29) is 5.75 Å². The lowest BCUT2D eigenvalue weighted by Gasteiger charge is -2.05. The van der Waals surface area contributed by atoms with Crippen LogP contribution in [-0.2, 0) is 9.59 Å². The van der Waals surface area contributed by atoms with Crippen molar-refractivity contribution in [2.45, 2.75) is 13.0 Å². The molecule has 1 atom stereocenters. The molecule has 90 valence electrons. The molecular formula is C12H13NO4. The zero-order chi connectivity index (χ0) is 12.8. The second-order valence-corrected chi connectivity index (χ2v) is 3.49. The van der Waals surface area contributed by atoms with Crippen LogP contribution in [0.5, 0.6) is 5.75 Å². The molecule has 1 rings (SSSR count). The first-order valence-electron chi connectivity index (χ1n) is 4.99. The van der Waals surface area contributed by atoms with Gasteiger partial charge in [-0.2, -0.15) is 0 Å². The van der Waals surface area contributed by atoms with Crippen molar-refractivity contribution in [3.8, 4) is 5.75 Å². The van der Waals surface area contributed by atoms with Gasteiger partial charge in [-0.3, -0.25) is 9.59 Å². The molecule has 0 aliphatic rings. The van der Waals surface area contributed by atoms with Crippen LogP contribution in [-0.4, -0.2) is 28.1 Å². The lowest BCUT2D eigenvalue weighted by molar-refractivity contribution is -0.140. The fourth-order valence-corrected chi connectivity index (χ4v) is 1.08. The van der Waals surface area contributed by atoms with Crippen molar-refractivity contribution < 1.29 is 19.8 Å². The predicted molar refractivity (Wildman–Crippen MR) is 62.4 cm³/mol. The molecule has 0 fully saturated rings. The van der Waals surface area contributed by atoms with Gasteiger partial charge < -0.3 is 15.5 Å². The number of phenols is 1. The van der Waals surface area contributed by atoms with Crippen LogP contribution >= 0.6 is 0 Å². The maximum absolute atomic E-state index is 11.3. The van der Waals surface area contributed by atoms with Gasteiger partial charge in [0.15, 0.2) is 0 Å². The minimum atomic E-state index is -1.09. The molecule has 1 aromatic rings. The van der Waals surface area contributed by atoms with E-state index >= 15 is 0 Å². The lowest BCUT2D eigenvalue weighted by Crippen LogP contribution is -2.37. The van der Waals surface area contributed by atoms with E-state index in [4.69, 9.17) is 10.2 Å². The largest absolute Gasteiger partial charge is 0.508 e. The van der Waals surface area contributed by atoms with Gasteiger partial charge in [0.05, 0.1) is 0 Å². The molecule has 0 radical (unpaired) electrons. The summed E-state index contributed by atoms with van der Waals surface area (Å²) in [5.74, 6) is -1.42. The number of carbonyl (C=O) groups excluding carboxylic acids is 1.